The molecule has 0 heterocycles. The zero-order valence-corrected chi connectivity index (χ0v) is 14.9. The maximum atomic E-state index is 10.3. The van der Waals surface area contributed by atoms with Crippen molar-refractivity contribution >= 4 is 0 Å². The fourth-order valence-corrected chi connectivity index (χ4v) is 3.30. The molecule has 4 heteroatoms. The third-order valence-corrected chi connectivity index (χ3v) is 4.66. The molecule has 1 fully saturated rings. The third kappa shape index (κ3) is 5.79. The topological polar surface area (TPSA) is 35.9 Å². The van der Waals surface area contributed by atoms with E-state index >= 15 is 0 Å². The van der Waals surface area contributed by atoms with Gasteiger partial charge in [-0.3, -0.25) is 4.90 Å². The molecule has 1 aliphatic rings. The van der Waals surface area contributed by atoms with E-state index in [1.165, 1.54) is 12.0 Å². The van der Waals surface area contributed by atoms with Crippen LogP contribution >= 0.6 is 0 Å². The molecule has 1 aromatic carbocycles. The average Bonchev–Trinajstić information content (AvgIpc) is 2.53. The average molecular weight is 320 g/mol. The predicted octanol–water partition coefficient (Wildman–Crippen LogP) is 2.75. The number of aliphatic hydroxyl groups is 1. The summed E-state index contributed by atoms with van der Waals surface area (Å²) >= 11 is 0. The third-order valence-electron chi connectivity index (χ3n) is 4.66. The highest BCUT2D eigenvalue weighted by atomic mass is 16.5. The first kappa shape index (κ1) is 18.2. The lowest BCUT2D eigenvalue weighted by Gasteiger charge is -2.37. The van der Waals surface area contributed by atoms with Crippen molar-refractivity contribution in [3.8, 4) is 5.75 Å². The summed E-state index contributed by atoms with van der Waals surface area (Å²) in [6, 6.07) is 8.66. The Morgan fingerprint density at radius 1 is 1.22 bits per heavy atom. The molecule has 0 aliphatic heterocycles. The Hall–Kier alpha value is -1.10. The van der Waals surface area contributed by atoms with Crippen LogP contribution in [-0.4, -0.2) is 60.8 Å². The summed E-state index contributed by atoms with van der Waals surface area (Å²) in [6.07, 6.45) is 4.25. The van der Waals surface area contributed by atoms with Crippen LogP contribution in [0.25, 0.3) is 0 Å². The highest BCUT2D eigenvalue weighted by molar-refractivity contribution is 5.28. The zero-order chi connectivity index (χ0) is 16.7. The number of hydrogen-bond acceptors (Lipinski definition) is 4. The second-order valence-corrected chi connectivity index (χ2v) is 6.78. The quantitative estimate of drug-likeness (QED) is 0.799. The molecule has 1 saturated carbocycles. The van der Waals surface area contributed by atoms with Crippen LogP contribution < -0.4 is 4.74 Å². The van der Waals surface area contributed by atoms with Gasteiger partial charge in [0.25, 0.3) is 0 Å². The van der Waals surface area contributed by atoms with Crippen molar-refractivity contribution in [1.82, 2.24) is 9.80 Å². The van der Waals surface area contributed by atoms with Crippen LogP contribution in [0.15, 0.2) is 24.3 Å². The summed E-state index contributed by atoms with van der Waals surface area (Å²) < 4.78 is 5.83. The van der Waals surface area contributed by atoms with Gasteiger partial charge in [-0.25, -0.2) is 0 Å². The Bertz CT molecular complexity index is 464. The van der Waals surface area contributed by atoms with Crippen LogP contribution in [0.4, 0.5) is 0 Å². The molecule has 1 aliphatic carbocycles. The molecule has 1 aromatic rings. The Morgan fingerprint density at radius 2 is 2.00 bits per heavy atom. The van der Waals surface area contributed by atoms with Crippen LogP contribution in [0.2, 0.25) is 0 Å². The summed E-state index contributed by atoms with van der Waals surface area (Å²) in [5, 5.41) is 10.3. The van der Waals surface area contributed by atoms with Gasteiger partial charge in [-0.15, -0.1) is 0 Å². The highest BCUT2D eigenvalue weighted by Crippen LogP contribution is 2.25. The van der Waals surface area contributed by atoms with Gasteiger partial charge in [-0.1, -0.05) is 31.9 Å². The van der Waals surface area contributed by atoms with Gasteiger partial charge in [-0.05, 0) is 51.2 Å². The van der Waals surface area contributed by atoms with Crippen molar-refractivity contribution in [3.05, 3.63) is 29.8 Å². The van der Waals surface area contributed by atoms with Crippen LogP contribution in [-0.2, 0) is 6.54 Å². The molecule has 1 N–H and O–H groups in total. The van der Waals surface area contributed by atoms with E-state index in [4.69, 9.17) is 4.74 Å². The van der Waals surface area contributed by atoms with Gasteiger partial charge in [0.05, 0.1) is 6.10 Å². The molecule has 0 saturated heterocycles. The summed E-state index contributed by atoms with van der Waals surface area (Å²) in [5.41, 5.74) is 1.26. The molecule has 23 heavy (non-hydrogen) atoms. The van der Waals surface area contributed by atoms with Gasteiger partial charge >= 0.3 is 0 Å². The molecule has 0 aromatic heterocycles. The molecule has 0 amide bonds. The Morgan fingerprint density at radius 3 is 2.70 bits per heavy atom. The summed E-state index contributed by atoms with van der Waals surface area (Å²) in [4.78, 5) is 4.52. The molecular formula is C19H32N2O2. The molecular weight excluding hydrogens is 288 g/mol. The number of aliphatic hydroxyl groups excluding tert-OH is 1. The fourth-order valence-electron chi connectivity index (χ4n) is 3.30. The minimum atomic E-state index is -0.178. The smallest absolute Gasteiger partial charge is 0.119 e. The number of hydrogen-bond donors (Lipinski definition) is 1. The zero-order valence-electron chi connectivity index (χ0n) is 14.9. The van der Waals surface area contributed by atoms with Gasteiger partial charge in [-0.2, -0.15) is 0 Å². The molecule has 4 nitrogen and oxygen atoms in total. The van der Waals surface area contributed by atoms with Crippen LogP contribution in [0.1, 0.15) is 38.2 Å². The lowest BCUT2D eigenvalue weighted by atomic mass is 9.91. The normalized spacial score (nSPS) is 21.8. The number of rotatable bonds is 8. The second-order valence-electron chi connectivity index (χ2n) is 6.78. The monoisotopic (exact) mass is 320 g/mol. The van der Waals surface area contributed by atoms with E-state index in [0.29, 0.717) is 12.6 Å². The largest absolute Gasteiger partial charge is 0.492 e. The van der Waals surface area contributed by atoms with E-state index in [9.17, 15) is 5.11 Å². The van der Waals surface area contributed by atoms with Gasteiger partial charge in [0, 0.05) is 19.1 Å². The standard InChI is InChI=1S/C19H32N2O2/c1-4-21(18-10-5-6-11-19(18)22)15-16-8-7-9-17(14-16)23-13-12-20(2)3/h7-9,14,18-19,22H,4-6,10-13,15H2,1-3H3/t18-,19-/m1/s1. The van der Waals surface area contributed by atoms with Crippen molar-refractivity contribution < 1.29 is 9.84 Å². The van der Waals surface area contributed by atoms with E-state index in [-0.39, 0.29) is 6.10 Å². The molecule has 0 bridgehead atoms. The molecule has 0 unspecified atom stereocenters. The second kappa shape index (κ2) is 9.26. The minimum Gasteiger partial charge on any atom is -0.492 e. The van der Waals surface area contributed by atoms with Crippen molar-refractivity contribution in [1.29, 1.82) is 0 Å². The van der Waals surface area contributed by atoms with E-state index in [2.05, 4.69) is 34.9 Å². The van der Waals surface area contributed by atoms with Gasteiger partial charge in [0.1, 0.15) is 12.4 Å². The summed E-state index contributed by atoms with van der Waals surface area (Å²) in [7, 11) is 4.10. The van der Waals surface area contributed by atoms with Gasteiger partial charge in [0.2, 0.25) is 0 Å². The Labute approximate surface area is 141 Å². The van der Waals surface area contributed by atoms with E-state index < -0.39 is 0 Å². The molecule has 2 rings (SSSR count). The molecule has 130 valence electrons. The maximum absolute atomic E-state index is 10.3. The maximum Gasteiger partial charge on any atom is 0.119 e. The highest BCUT2D eigenvalue weighted by Gasteiger charge is 2.27. The minimum absolute atomic E-state index is 0.178. The van der Waals surface area contributed by atoms with Crippen molar-refractivity contribution in [2.75, 3.05) is 33.8 Å². The van der Waals surface area contributed by atoms with Crippen molar-refractivity contribution in [2.24, 2.45) is 0 Å². The summed E-state index contributed by atoms with van der Waals surface area (Å²) in [5.74, 6) is 0.935. The van der Waals surface area contributed by atoms with Gasteiger partial charge < -0.3 is 14.7 Å². The number of likely N-dealkylation sites (N-methyl/N-ethyl adjacent to an activating group) is 2. The molecule has 0 spiro atoms. The number of ether oxygens (including phenoxy) is 1. The molecule has 2 atom stereocenters. The number of benzene rings is 1. The lowest BCUT2D eigenvalue weighted by molar-refractivity contribution is 0.0182. The first-order valence-electron chi connectivity index (χ1n) is 8.88. The van der Waals surface area contributed by atoms with E-state index in [1.54, 1.807) is 0 Å². The first-order chi connectivity index (χ1) is 11.1. The lowest BCUT2D eigenvalue weighted by Crippen LogP contribution is -2.44. The molecule has 0 radical (unpaired) electrons. The van der Waals surface area contributed by atoms with E-state index in [1.807, 2.05) is 20.2 Å². The predicted molar refractivity (Wildman–Crippen MR) is 94.8 cm³/mol. The van der Waals surface area contributed by atoms with Crippen molar-refractivity contribution in [2.45, 2.75) is 51.3 Å². The summed E-state index contributed by atoms with van der Waals surface area (Å²) in [6.45, 7) is 5.64. The first-order valence-corrected chi connectivity index (χ1v) is 8.88. The Kier molecular flexibility index (Phi) is 7.34. The fraction of sp³-hybridized carbons (Fsp3) is 0.684. The Balaban J connectivity index is 1.94. The van der Waals surface area contributed by atoms with Crippen LogP contribution in [0, 0.1) is 0 Å². The van der Waals surface area contributed by atoms with E-state index in [0.717, 1.165) is 44.6 Å². The van der Waals surface area contributed by atoms with Crippen molar-refractivity contribution in [3.63, 3.8) is 0 Å². The van der Waals surface area contributed by atoms with Crippen LogP contribution in [0.3, 0.4) is 0 Å². The van der Waals surface area contributed by atoms with Crippen LogP contribution in [0.5, 0.6) is 5.75 Å². The SMILES string of the molecule is CCN(Cc1cccc(OCCN(C)C)c1)[C@@H]1CCCC[C@H]1O. The number of nitrogens with zero attached hydrogens (tertiary/aromatic N) is 2. The van der Waals surface area contributed by atoms with Gasteiger partial charge in [0.15, 0.2) is 0 Å².